The molecular weight excluding hydrogens is 148 g/mol. The first-order chi connectivity index (χ1) is 4.56. The summed E-state index contributed by atoms with van der Waals surface area (Å²) in [5, 5.41) is 0. The first kappa shape index (κ1) is 9.78. The van der Waals surface area contributed by atoms with Crippen molar-refractivity contribution in [3.63, 3.8) is 0 Å². The molecule has 10 heavy (non-hydrogen) atoms. The van der Waals surface area contributed by atoms with E-state index in [9.17, 15) is 4.79 Å². The van der Waals surface area contributed by atoms with E-state index in [1.54, 1.807) is 0 Å². The fourth-order valence-electron chi connectivity index (χ4n) is 0.605. The van der Waals surface area contributed by atoms with E-state index in [0.29, 0.717) is 6.42 Å². The first-order valence-corrected chi connectivity index (χ1v) is 4.28. The van der Waals surface area contributed by atoms with E-state index < -0.39 is 10.8 Å². The molecule has 0 radical (unpaired) electrons. The number of amides is 1. The molecule has 0 saturated carbocycles. The van der Waals surface area contributed by atoms with E-state index in [1.165, 1.54) is 11.8 Å². The van der Waals surface area contributed by atoms with Crippen LogP contribution in [0.3, 0.4) is 0 Å². The van der Waals surface area contributed by atoms with E-state index in [-0.39, 0.29) is 0 Å². The molecule has 3 nitrogen and oxygen atoms in total. The fourth-order valence-corrected chi connectivity index (χ4v) is 1.47. The Kier molecular flexibility index (Phi) is 3.75. The topological polar surface area (TPSA) is 69.1 Å². The molecule has 0 aliphatic rings. The maximum atomic E-state index is 10.7. The van der Waals surface area contributed by atoms with Gasteiger partial charge in [0.25, 0.3) is 0 Å². The highest BCUT2D eigenvalue weighted by atomic mass is 32.2. The molecule has 4 N–H and O–H groups in total. The van der Waals surface area contributed by atoms with Gasteiger partial charge in [-0.1, -0.05) is 13.8 Å². The molecule has 0 rings (SSSR count). The minimum Gasteiger partial charge on any atom is -0.367 e. The quantitative estimate of drug-likeness (QED) is 0.584. The van der Waals surface area contributed by atoms with Gasteiger partial charge in [-0.2, -0.15) is 0 Å². The molecule has 0 aromatic heterocycles. The van der Waals surface area contributed by atoms with Crippen molar-refractivity contribution >= 4 is 17.7 Å². The van der Waals surface area contributed by atoms with Crippen LogP contribution in [0, 0.1) is 0 Å². The van der Waals surface area contributed by atoms with Gasteiger partial charge in [0, 0.05) is 0 Å². The molecule has 0 fully saturated rings. The number of hydrogen-bond acceptors (Lipinski definition) is 3. The van der Waals surface area contributed by atoms with Gasteiger partial charge in [0.2, 0.25) is 5.91 Å². The number of thioether (sulfide) groups is 1. The van der Waals surface area contributed by atoms with Crippen LogP contribution in [0.5, 0.6) is 0 Å². The summed E-state index contributed by atoms with van der Waals surface area (Å²) in [4.78, 5) is 9.87. The largest absolute Gasteiger partial charge is 0.367 e. The Balaban J connectivity index is 4.08. The first-order valence-electron chi connectivity index (χ1n) is 3.29. The maximum Gasteiger partial charge on any atom is 0.247 e. The molecule has 60 valence electrons. The highest BCUT2D eigenvalue weighted by molar-refractivity contribution is 8.01. The van der Waals surface area contributed by atoms with Gasteiger partial charge in [-0.25, -0.2) is 0 Å². The van der Waals surface area contributed by atoms with Gasteiger partial charge >= 0.3 is 0 Å². The van der Waals surface area contributed by atoms with Crippen molar-refractivity contribution in [3.8, 4) is 0 Å². The summed E-state index contributed by atoms with van der Waals surface area (Å²) >= 11 is 1.39. The van der Waals surface area contributed by atoms with Gasteiger partial charge in [-0.15, -0.1) is 11.8 Å². The molecule has 0 aliphatic carbocycles. The zero-order valence-electron chi connectivity index (χ0n) is 6.39. The van der Waals surface area contributed by atoms with Gasteiger partial charge in [0.15, 0.2) is 0 Å². The Hall–Kier alpha value is -0.220. The molecular formula is C6H14N2OS. The van der Waals surface area contributed by atoms with Crippen molar-refractivity contribution in [3.05, 3.63) is 0 Å². The predicted molar refractivity (Wildman–Crippen MR) is 44.5 cm³/mol. The highest BCUT2D eigenvalue weighted by Gasteiger charge is 2.28. The minimum atomic E-state index is -0.852. The zero-order valence-corrected chi connectivity index (χ0v) is 7.20. The second kappa shape index (κ2) is 3.83. The molecule has 0 heterocycles. The molecule has 1 amide bonds. The van der Waals surface area contributed by atoms with Gasteiger partial charge in [-0.05, 0) is 12.2 Å². The number of hydrogen-bond donors (Lipinski definition) is 2. The lowest BCUT2D eigenvalue weighted by Gasteiger charge is -2.22. The third-order valence-electron chi connectivity index (χ3n) is 1.34. The van der Waals surface area contributed by atoms with E-state index in [4.69, 9.17) is 11.5 Å². The van der Waals surface area contributed by atoms with Gasteiger partial charge in [0.05, 0.1) is 0 Å². The fraction of sp³-hybridized carbons (Fsp3) is 0.833. The molecule has 1 unspecified atom stereocenters. The average Bonchev–Trinajstić information content (AvgIpc) is 1.88. The summed E-state index contributed by atoms with van der Waals surface area (Å²) in [5.41, 5.74) is 10.7. The summed E-state index contributed by atoms with van der Waals surface area (Å²) in [6.45, 7) is 3.80. The number of carbonyl (C=O) groups is 1. The summed E-state index contributed by atoms with van der Waals surface area (Å²) in [5.74, 6) is 0.384. The predicted octanol–water partition coefficient (Wildman–Crippen LogP) is 0.290. The third-order valence-corrected chi connectivity index (χ3v) is 2.64. The minimum absolute atomic E-state index is 0.429. The highest BCUT2D eigenvalue weighted by Crippen LogP contribution is 2.21. The van der Waals surface area contributed by atoms with Crippen LogP contribution in [-0.4, -0.2) is 16.5 Å². The summed E-state index contributed by atoms with van der Waals surface area (Å²) in [6.07, 6.45) is 0.584. The number of primary amides is 1. The van der Waals surface area contributed by atoms with E-state index in [1.807, 2.05) is 13.8 Å². The molecule has 0 aromatic rings. The molecule has 0 aromatic carbocycles. The van der Waals surface area contributed by atoms with Crippen LogP contribution in [-0.2, 0) is 4.79 Å². The van der Waals surface area contributed by atoms with Gasteiger partial charge < -0.3 is 11.5 Å². The Bertz CT molecular complexity index is 129. The van der Waals surface area contributed by atoms with Crippen LogP contribution in [0.4, 0.5) is 0 Å². The Morgan fingerprint density at radius 1 is 1.60 bits per heavy atom. The van der Waals surface area contributed by atoms with Crippen LogP contribution in [0.1, 0.15) is 20.3 Å². The molecule has 0 aliphatic heterocycles. The summed E-state index contributed by atoms with van der Waals surface area (Å²) in [7, 11) is 0. The van der Waals surface area contributed by atoms with E-state index in [2.05, 4.69) is 0 Å². The zero-order chi connectivity index (χ0) is 8.20. The van der Waals surface area contributed by atoms with Crippen LogP contribution < -0.4 is 11.5 Å². The standard InChI is InChI=1S/C6H14N2OS/c1-3-6(8,5(7)9)10-4-2/h3-4,8H2,1-2H3,(H2,7,9). The molecule has 0 bridgehead atoms. The monoisotopic (exact) mass is 162 g/mol. The molecule has 1 atom stereocenters. The average molecular weight is 162 g/mol. The maximum absolute atomic E-state index is 10.7. The van der Waals surface area contributed by atoms with Crippen molar-refractivity contribution in [1.82, 2.24) is 0 Å². The Labute approximate surface area is 65.5 Å². The van der Waals surface area contributed by atoms with Crippen molar-refractivity contribution in [2.75, 3.05) is 5.75 Å². The molecule has 0 spiro atoms. The van der Waals surface area contributed by atoms with E-state index in [0.717, 1.165) is 5.75 Å². The second-order valence-corrected chi connectivity index (χ2v) is 3.63. The lowest BCUT2D eigenvalue weighted by molar-refractivity contribution is -0.120. The smallest absolute Gasteiger partial charge is 0.247 e. The van der Waals surface area contributed by atoms with E-state index >= 15 is 0 Å². The van der Waals surface area contributed by atoms with Crippen LogP contribution >= 0.6 is 11.8 Å². The molecule has 4 heteroatoms. The summed E-state index contributed by atoms with van der Waals surface area (Å²) in [6, 6.07) is 0. The van der Waals surface area contributed by atoms with Crippen molar-refractivity contribution in [1.29, 1.82) is 0 Å². The third kappa shape index (κ3) is 2.19. The van der Waals surface area contributed by atoms with Crippen molar-refractivity contribution in [2.45, 2.75) is 25.1 Å². The SMILES string of the molecule is CCSC(N)(CC)C(N)=O. The van der Waals surface area contributed by atoms with Gasteiger partial charge in [-0.3, -0.25) is 4.79 Å². The van der Waals surface area contributed by atoms with Crippen LogP contribution in [0.15, 0.2) is 0 Å². The molecule has 0 saturated heterocycles. The number of nitrogens with two attached hydrogens (primary N) is 2. The normalized spacial score (nSPS) is 16.3. The lowest BCUT2D eigenvalue weighted by Crippen LogP contribution is -2.48. The summed E-state index contributed by atoms with van der Waals surface area (Å²) < 4.78 is 0. The second-order valence-electron chi connectivity index (χ2n) is 2.04. The number of rotatable bonds is 4. The van der Waals surface area contributed by atoms with Crippen LogP contribution in [0.25, 0.3) is 0 Å². The van der Waals surface area contributed by atoms with Crippen molar-refractivity contribution in [2.24, 2.45) is 11.5 Å². The van der Waals surface area contributed by atoms with Crippen LogP contribution in [0.2, 0.25) is 0 Å². The lowest BCUT2D eigenvalue weighted by atomic mass is 10.2. The number of carbonyl (C=O) groups excluding carboxylic acids is 1. The van der Waals surface area contributed by atoms with Gasteiger partial charge in [0.1, 0.15) is 4.87 Å². The Morgan fingerprint density at radius 2 is 2.10 bits per heavy atom. The Morgan fingerprint density at radius 3 is 2.20 bits per heavy atom. The van der Waals surface area contributed by atoms with Crippen molar-refractivity contribution < 1.29 is 4.79 Å².